The van der Waals surface area contributed by atoms with E-state index in [2.05, 4.69) is 4.40 Å². The molecule has 1 unspecified atom stereocenters. The molecule has 0 spiro atoms. The number of para-hydroxylation sites is 2. The van der Waals surface area contributed by atoms with Crippen molar-refractivity contribution in [2.75, 3.05) is 24.5 Å². The van der Waals surface area contributed by atoms with Crippen molar-refractivity contribution in [2.24, 2.45) is 16.0 Å². The Kier molecular flexibility index (Phi) is 4.89. The number of fused-ring (bicyclic) bond motifs is 2. The molecule has 1 saturated heterocycles. The molecule has 2 amide bonds. The molecule has 10 heteroatoms. The molecule has 166 valence electrons. The topological polar surface area (TPSA) is 122 Å². The highest BCUT2D eigenvalue weighted by molar-refractivity contribution is 7.90. The highest BCUT2D eigenvalue weighted by Gasteiger charge is 2.38. The number of sulfonamides is 1. The van der Waals surface area contributed by atoms with E-state index in [-0.39, 0.29) is 23.3 Å². The maximum Gasteiger partial charge on any atom is 0.285 e. The van der Waals surface area contributed by atoms with Crippen LogP contribution < -0.4 is 15.4 Å². The van der Waals surface area contributed by atoms with Crippen LogP contribution in [0.4, 0.5) is 5.69 Å². The molecule has 0 saturated carbocycles. The molecule has 1 atom stereocenters. The van der Waals surface area contributed by atoms with E-state index in [4.69, 9.17) is 10.5 Å². The van der Waals surface area contributed by atoms with Gasteiger partial charge in [0.2, 0.25) is 5.91 Å². The fourth-order valence-corrected chi connectivity index (χ4v) is 5.69. The van der Waals surface area contributed by atoms with Crippen molar-refractivity contribution < 1.29 is 22.7 Å². The smallest absolute Gasteiger partial charge is 0.285 e. The lowest BCUT2D eigenvalue weighted by atomic mass is 9.94. The number of amidine groups is 1. The van der Waals surface area contributed by atoms with Crippen molar-refractivity contribution in [3.8, 4) is 5.75 Å². The minimum absolute atomic E-state index is 0.0731. The summed E-state index contributed by atoms with van der Waals surface area (Å²) >= 11 is 0. The summed E-state index contributed by atoms with van der Waals surface area (Å²) in [5.74, 6) is -0.0773. The van der Waals surface area contributed by atoms with E-state index in [1.807, 2.05) is 11.0 Å². The first-order valence-corrected chi connectivity index (χ1v) is 11.8. The molecule has 2 aromatic carbocycles. The summed E-state index contributed by atoms with van der Waals surface area (Å²) in [6.45, 7) is 1.08. The Morgan fingerprint density at radius 3 is 2.47 bits per heavy atom. The van der Waals surface area contributed by atoms with Gasteiger partial charge in [-0.05, 0) is 37.1 Å². The molecule has 9 nitrogen and oxygen atoms in total. The number of nitrogens with two attached hydrogens (primary N) is 1. The van der Waals surface area contributed by atoms with Gasteiger partial charge in [-0.2, -0.15) is 8.42 Å². The van der Waals surface area contributed by atoms with Crippen LogP contribution in [0.5, 0.6) is 5.75 Å². The highest BCUT2D eigenvalue weighted by atomic mass is 32.2. The van der Waals surface area contributed by atoms with Crippen LogP contribution in [0.1, 0.15) is 18.4 Å². The lowest BCUT2D eigenvalue weighted by Crippen LogP contribution is -2.52. The van der Waals surface area contributed by atoms with E-state index >= 15 is 0 Å². The number of hydrogen-bond donors (Lipinski definition) is 1. The van der Waals surface area contributed by atoms with Gasteiger partial charge < -0.3 is 20.3 Å². The standard InChI is InChI=1S/C22H22N4O5S/c23-20(27)18-13-26(16-6-2-3-7-17(16)31-18)22(28)14-9-11-25(12-10-14)21-15-5-1-4-8-19(15)32(29,30)24-21/h1-8,14,18H,9-13H2,(H2,23,27). The van der Waals surface area contributed by atoms with Gasteiger partial charge in [0.15, 0.2) is 11.9 Å². The van der Waals surface area contributed by atoms with Crippen molar-refractivity contribution in [1.82, 2.24) is 4.90 Å². The van der Waals surface area contributed by atoms with Gasteiger partial charge in [-0.3, -0.25) is 9.59 Å². The predicted molar refractivity (Wildman–Crippen MR) is 117 cm³/mol. The van der Waals surface area contributed by atoms with E-state index in [9.17, 15) is 18.0 Å². The Morgan fingerprint density at radius 2 is 1.72 bits per heavy atom. The molecule has 32 heavy (non-hydrogen) atoms. The largest absolute Gasteiger partial charge is 0.477 e. The molecule has 0 aromatic heterocycles. The zero-order valence-electron chi connectivity index (χ0n) is 17.2. The molecule has 0 radical (unpaired) electrons. The van der Waals surface area contributed by atoms with E-state index in [0.717, 1.165) is 0 Å². The lowest BCUT2D eigenvalue weighted by Gasteiger charge is -2.38. The summed E-state index contributed by atoms with van der Waals surface area (Å²) in [5.41, 5.74) is 6.67. The van der Waals surface area contributed by atoms with Crippen molar-refractivity contribution in [1.29, 1.82) is 0 Å². The van der Waals surface area contributed by atoms with Crippen molar-refractivity contribution >= 4 is 33.4 Å². The van der Waals surface area contributed by atoms with Crippen LogP contribution in [-0.2, 0) is 19.6 Å². The minimum Gasteiger partial charge on any atom is -0.477 e. The molecule has 0 aliphatic carbocycles. The Labute approximate surface area is 185 Å². The Bertz CT molecular complexity index is 1230. The number of ether oxygens (including phenoxy) is 1. The van der Waals surface area contributed by atoms with Crippen LogP contribution >= 0.6 is 0 Å². The third kappa shape index (κ3) is 3.40. The molecule has 5 rings (SSSR count). The molecule has 3 aliphatic rings. The number of likely N-dealkylation sites (tertiary alicyclic amines) is 1. The Balaban J connectivity index is 1.33. The number of benzene rings is 2. The summed E-state index contributed by atoms with van der Waals surface area (Å²) < 4.78 is 34.4. The number of hydrogen-bond acceptors (Lipinski definition) is 6. The summed E-state index contributed by atoms with van der Waals surface area (Å²) in [6, 6.07) is 13.9. The molecular formula is C22H22N4O5S. The number of piperidine rings is 1. The molecule has 3 aliphatic heterocycles. The lowest BCUT2D eigenvalue weighted by molar-refractivity contribution is -0.126. The van der Waals surface area contributed by atoms with Gasteiger partial charge in [0.05, 0.1) is 12.2 Å². The number of carbonyl (C=O) groups excluding carboxylic acids is 2. The Morgan fingerprint density at radius 1 is 1.03 bits per heavy atom. The molecule has 0 bridgehead atoms. The molecular weight excluding hydrogens is 432 g/mol. The number of primary amides is 1. The number of rotatable bonds is 2. The SMILES string of the molecule is NC(=O)C1CN(C(=O)C2CCN(C3=NS(=O)(=O)c4ccccc43)CC2)c2ccccc2O1. The number of amides is 2. The average molecular weight is 455 g/mol. The summed E-state index contributed by atoms with van der Waals surface area (Å²) in [4.78, 5) is 28.9. The first-order valence-electron chi connectivity index (χ1n) is 10.4. The van der Waals surface area contributed by atoms with E-state index in [1.54, 1.807) is 47.4 Å². The van der Waals surface area contributed by atoms with Crippen molar-refractivity contribution in [3.63, 3.8) is 0 Å². The van der Waals surface area contributed by atoms with Gasteiger partial charge in [-0.1, -0.05) is 24.3 Å². The molecule has 2 aromatic rings. The fourth-order valence-electron chi connectivity index (χ4n) is 4.47. The van der Waals surface area contributed by atoms with Gasteiger partial charge in [0, 0.05) is 24.6 Å². The Hall–Kier alpha value is -3.40. The average Bonchev–Trinajstić information content (AvgIpc) is 3.09. The van der Waals surface area contributed by atoms with Crippen molar-refractivity contribution in [2.45, 2.75) is 23.8 Å². The predicted octanol–water partition coefficient (Wildman–Crippen LogP) is 1.13. The van der Waals surface area contributed by atoms with Gasteiger partial charge in [-0.25, -0.2) is 0 Å². The first kappa shape index (κ1) is 20.5. The van der Waals surface area contributed by atoms with Crippen LogP contribution in [0.3, 0.4) is 0 Å². The van der Waals surface area contributed by atoms with Crippen molar-refractivity contribution in [3.05, 3.63) is 54.1 Å². The van der Waals surface area contributed by atoms with Crippen LogP contribution in [0.15, 0.2) is 57.8 Å². The first-order chi connectivity index (χ1) is 15.3. The normalized spacial score (nSPS) is 21.9. The van der Waals surface area contributed by atoms with E-state index in [0.29, 0.717) is 48.8 Å². The fraction of sp³-hybridized carbons (Fsp3) is 0.318. The molecule has 3 heterocycles. The van der Waals surface area contributed by atoms with Gasteiger partial charge >= 0.3 is 0 Å². The minimum atomic E-state index is -3.69. The number of anilines is 1. The summed E-state index contributed by atoms with van der Waals surface area (Å²) in [6.07, 6.45) is 0.185. The number of carbonyl (C=O) groups is 2. The van der Waals surface area contributed by atoms with Crippen LogP contribution in [0.25, 0.3) is 0 Å². The summed E-state index contributed by atoms with van der Waals surface area (Å²) in [7, 11) is -3.69. The van der Waals surface area contributed by atoms with Gasteiger partial charge in [0.1, 0.15) is 10.6 Å². The monoisotopic (exact) mass is 454 g/mol. The molecule has 2 N–H and O–H groups in total. The maximum atomic E-state index is 13.4. The molecule has 1 fully saturated rings. The van der Waals surface area contributed by atoms with Crippen LogP contribution in [0.2, 0.25) is 0 Å². The van der Waals surface area contributed by atoms with E-state index in [1.165, 1.54) is 0 Å². The second-order valence-corrected chi connectivity index (χ2v) is 9.65. The zero-order chi connectivity index (χ0) is 22.5. The summed E-state index contributed by atoms with van der Waals surface area (Å²) in [5, 5.41) is 0. The second kappa shape index (κ2) is 7.63. The second-order valence-electron chi connectivity index (χ2n) is 8.07. The van der Waals surface area contributed by atoms with E-state index < -0.39 is 22.0 Å². The van der Waals surface area contributed by atoms with Gasteiger partial charge in [0.25, 0.3) is 15.9 Å². The van der Waals surface area contributed by atoms with Gasteiger partial charge in [-0.15, -0.1) is 4.40 Å². The third-order valence-corrected chi connectivity index (χ3v) is 7.44. The number of nitrogens with zero attached hydrogens (tertiary/aromatic N) is 3. The zero-order valence-corrected chi connectivity index (χ0v) is 18.0. The van der Waals surface area contributed by atoms with Crippen LogP contribution in [0, 0.1) is 5.92 Å². The third-order valence-electron chi connectivity index (χ3n) is 6.11. The maximum absolute atomic E-state index is 13.4. The van der Waals surface area contributed by atoms with Crippen LogP contribution in [-0.4, -0.2) is 56.7 Å². The quantitative estimate of drug-likeness (QED) is 0.726. The highest BCUT2D eigenvalue weighted by Crippen LogP contribution is 2.36.